The number of likely N-dealkylation sites (tertiary alicyclic amines) is 1. The number of benzene rings is 1. The average Bonchev–Trinajstić information content (AvgIpc) is 2.98. The van der Waals surface area contributed by atoms with E-state index in [2.05, 4.69) is 0 Å². The predicted octanol–water partition coefficient (Wildman–Crippen LogP) is 3.25. The van der Waals surface area contributed by atoms with Crippen molar-refractivity contribution in [2.24, 2.45) is 0 Å². The Balaban J connectivity index is 1.87. The van der Waals surface area contributed by atoms with Crippen LogP contribution in [-0.2, 0) is 4.74 Å². The number of nitro benzene ring substituents is 1. The highest BCUT2D eigenvalue weighted by molar-refractivity contribution is 5.90. The Morgan fingerprint density at radius 2 is 1.71 bits per heavy atom. The van der Waals surface area contributed by atoms with Gasteiger partial charge in [0.25, 0.3) is 11.2 Å². The van der Waals surface area contributed by atoms with Crippen LogP contribution in [0.3, 0.4) is 0 Å². The molecule has 1 fully saturated rings. The molecule has 1 aliphatic rings. The molecule has 0 bridgehead atoms. The summed E-state index contributed by atoms with van der Waals surface area (Å²) in [4.78, 5) is 36.9. The molecule has 8 heteroatoms. The number of pyridine rings is 1. The number of esters is 1. The van der Waals surface area contributed by atoms with E-state index in [1.807, 2.05) is 4.90 Å². The molecule has 0 aliphatic carbocycles. The summed E-state index contributed by atoms with van der Waals surface area (Å²) in [5.41, 5.74) is -0.136. The van der Waals surface area contributed by atoms with Gasteiger partial charge >= 0.3 is 5.97 Å². The predicted molar refractivity (Wildman–Crippen MR) is 104 cm³/mol. The fourth-order valence-electron chi connectivity index (χ4n) is 3.00. The third-order valence-electron chi connectivity index (χ3n) is 4.53. The molecule has 1 aromatic heterocycles. The monoisotopic (exact) mass is 383 g/mol. The number of carbonyl (C=O) groups is 1. The number of non-ortho nitro benzene ring substituents is 1. The minimum Gasteiger partial charge on any atom is -0.404 e. The molecule has 28 heavy (non-hydrogen) atoms. The Morgan fingerprint density at radius 1 is 1.04 bits per heavy atom. The summed E-state index contributed by atoms with van der Waals surface area (Å²) in [7, 11) is 0. The second-order valence-electron chi connectivity index (χ2n) is 6.51. The van der Waals surface area contributed by atoms with Crippen molar-refractivity contribution in [1.82, 2.24) is 9.47 Å². The molecule has 146 valence electrons. The molecule has 0 amide bonds. The van der Waals surface area contributed by atoms with E-state index in [0.29, 0.717) is 5.88 Å². The molecule has 0 spiro atoms. The Bertz CT molecular complexity index is 925. The lowest BCUT2D eigenvalue weighted by Crippen LogP contribution is -2.28. The van der Waals surface area contributed by atoms with Crippen molar-refractivity contribution in [3.05, 3.63) is 80.6 Å². The van der Waals surface area contributed by atoms with Gasteiger partial charge in [0.1, 0.15) is 0 Å². The van der Waals surface area contributed by atoms with Crippen molar-refractivity contribution in [2.45, 2.75) is 25.7 Å². The van der Waals surface area contributed by atoms with Crippen molar-refractivity contribution in [3.63, 3.8) is 0 Å². The number of rotatable bonds is 5. The lowest BCUT2D eigenvalue weighted by molar-refractivity contribution is -0.384. The summed E-state index contributed by atoms with van der Waals surface area (Å²) in [6.45, 7) is 1.45. The SMILES string of the molecule is O=C(OC(=Cn1ccccc1=O)N1CCCCCC1)c1ccc([N+](=O)[O-])cc1. The van der Waals surface area contributed by atoms with Crippen LogP contribution >= 0.6 is 0 Å². The third-order valence-corrected chi connectivity index (χ3v) is 4.53. The van der Waals surface area contributed by atoms with Crippen LogP contribution in [0.1, 0.15) is 36.0 Å². The standard InChI is InChI=1S/C20H21N3O5/c24-18-7-3-6-14-22(18)15-19(21-12-4-1-2-5-13-21)28-20(25)16-8-10-17(11-9-16)23(26)27/h3,6-11,14-15H,1-2,4-5,12-13H2. The number of hydrogen-bond acceptors (Lipinski definition) is 6. The van der Waals surface area contributed by atoms with Crippen molar-refractivity contribution in [3.8, 4) is 0 Å². The van der Waals surface area contributed by atoms with Gasteiger partial charge in [-0.05, 0) is 31.0 Å². The van der Waals surface area contributed by atoms with Gasteiger partial charge in [0.2, 0.25) is 5.88 Å². The van der Waals surface area contributed by atoms with Gasteiger partial charge in [-0.3, -0.25) is 19.5 Å². The van der Waals surface area contributed by atoms with Crippen LogP contribution in [-0.4, -0.2) is 33.4 Å². The molecular formula is C20H21N3O5. The van der Waals surface area contributed by atoms with Gasteiger partial charge in [-0.25, -0.2) is 4.79 Å². The number of hydrogen-bond donors (Lipinski definition) is 0. The van der Waals surface area contributed by atoms with E-state index < -0.39 is 10.9 Å². The molecule has 1 aromatic carbocycles. The number of aromatic nitrogens is 1. The number of ether oxygens (including phenoxy) is 1. The summed E-state index contributed by atoms with van der Waals surface area (Å²) in [5.74, 6) is -0.340. The smallest absolute Gasteiger partial charge is 0.344 e. The largest absolute Gasteiger partial charge is 0.404 e. The van der Waals surface area contributed by atoms with E-state index in [-0.39, 0.29) is 16.8 Å². The minimum absolute atomic E-state index is 0.101. The second-order valence-corrected chi connectivity index (χ2v) is 6.51. The zero-order valence-corrected chi connectivity index (χ0v) is 15.3. The zero-order valence-electron chi connectivity index (χ0n) is 15.3. The van der Waals surface area contributed by atoms with Crippen molar-refractivity contribution < 1.29 is 14.5 Å². The highest BCUT2D eigenvalue weighted by Gasteiger charge is 2.19. The van der Waals surface area contributed by atoms with E-state index in [9.17, 15) is 19.7 Å². The summed E-state index contributed by atoms with van der Waals surface area (Å²) < 4.78 is 6.97. The highest BCUT2D eigenvalue weighted by Crippen LogP contribution is 2.19. The molecule has 0 saturated carbocycles. The van der Waals surface area contributed by atoms with Crippen molar-refractivity contribution in [2.75, 3.05) is 13.1 Å². The maximum atomic E-state index is 12.6. The van der Waals surface area contributed by atoms with E-state index in [1.54, 1.807) is 18.3 Å². The summed E-state index contributed by atoms with van der Waals surface area (Å²) in [5, 5.41) is 10.8. The lowest BCUT2D eigenvalue weighted by Gasteiger charge is -2.24. The topological polar surface area (TPSA) is 94.7 Å². The first-order chi connectivity index (χ1) is 13.5. The first kappa shape index (κ1) is 19.3. The summed E-state index contributed by atoms with van der Waals surface area (Å²) in [6.07, 6.45) is 7.25. The Labute approximate surface area is 161 Å². The van der Waals surface area contributed by atoms with Crippen LogP contribution in [0.25, 0.3) is 6.20 Å². The molecule has 0 radical (unpaired) electrons. The van der Waals surface area contributed by atoms with Gasteiger partial charge in [-0.2, -0.15) is 0 Å². The fraction of sp³-hybridized carbons (Fsp3) is 0.300. The van der Waals surface area contributed by atoms with Gasteiger partial charge in [0.15, 0.2) is 0 Å². The van der Waals surface area contributed by atoms with Crippen molar-refractivity contribution >= 4 is 17.9 Å². The molecular weight excluding hydrogens is 362 g/mol. The van der Waals surface area contributed by atoms with Crippen LogP contribution in [0.2, 0.25) is 0 Å². The minimum atomic E-state index is -0.630. The molecule has 0 atom stereocenters. The van der Waals surface area contributed by atoms with Gasteiger partial charge in [-0.15, -0.1) is 0 Å². The number of carbonyl (C=O) groups excluding carboxylic acids is 1. The third kappa shape index (κ3) is 4.85. The van der Waals surface area contributed by atoms with Crippen LogP contribution in [0.15, 0.2) is 59.3 Å². The van der Waals surface area contributed by atoms with E-state index in [4.69, 9.17) is 4.74 Å². The molecule has 0 unspecified atom stereocenters. The van der Waals surface area contributed by atoms with Crippen LogP contribution in [0.4, 0.5) is 5.69 Å². The summed E-state index contributed by atoms with van der Waals surface area (Å²) in [6, 6.07) is 10.0. The van der Waals surface area contributed by atoms with Gasteiger partial charge in [-0.1, -0.05) is 18.9 Å². The Kier molecular flexibility index (Phi) is 6.21. The van der Waals surface area contributed by atoms with Crippen molar-refractivity contribution in [1.29, 1.82) is 0 Å². The summed E-state index contributed by atoms with van der Waals surface area (Å²) >= 11 is 0. The van der Waals surface area contributed by atoms with Gasteiger partial charge in [0, 0.05) is 37.5 Å². The lowest BCUT2D eigenvalue weighted by atomic mass is 10.2. The van der Waals surface area contributed by atoms with E-state index in [1.165, 1.54) is 41.1 Å². The van der Waals surface area contributed by atoms with Crippen LogP contribution in [0.5, 0.6) is 0 Å². The molecule has 2 aromatic rings. The second kappa shape index (κ2) is 8.98. The van der Waals surface area contributed by atoms with Crippen LogP contribution < -0.4 is 5.56 Å². The van der Waals surface area contributed by atoms with Gasteiger partial charge < -0.3 is 9.64 Å². The Morgan fingerprint density at radius 3 is 2.32 bits per heavy atom. The van der Waals surface area contributed by atoms with E-state index >= 15 is 0 Å². The first-order valence-electron chi connectivity index (χ1n) is 9.15. The number of nitro groups is 1. The molecule has 2 heterocycles. The maximum absolute atomic E-state index is 12.6. The number of nitrogens with zero attached hydrogens (tertiary/aromatic N) is 3. The Hall–Kier alpha value is -3.42. The molecule has 3 rings (SSSR count). The molecule has 1 aliphatic heterocycles. The van der Waals surface area contributed by atoms with Gasteiger partial charge in [0.05, 0.1) is 16.7 Å². The quantitative estimate of drug-likeness (QED) is 0.340. The maximum Gasteiger partial charge on any atom is 0.344 e. The molecule has 1 saturated heterocycles. The average molecular weight is 383 g/mol. The highest BCUT2D eigenvalue weighted by atomic mass is 16.6. The first-order valence-corrected chi connectivity index (χ1v) is 9.15. The zero-order chi connectivity index (χ0) is 19.9. The molecule has 0 N–H and O–H groups in total. The fourth-order valence-corrected chi connectivity index (χ4v) is 3.00. The molecule has 8 nitrogen and oxygen atoms in total. The van der Waals surface area contributed by atoms with E-state index in [0.717, 1.165) is 38.8 Å². The van der Waals surface area contributed by atoms with Crippen LogP contribution in [0, 0.1) is 10.1 Å². The normalized spacial score (nSPS) is 15.0.